The molecule has 0 saturated carbocycles. The molecule has 29 heteroatoms. The van der Waals surface area contributed by atoms with Gasteiger partial charge in [0.1, 0.15) is 42.2 Å². The van der Waals surface area contributed by atoms with E-state index in [-0.39, 0.29) is 169 Å². The van der Waals surface area contributed by atoms with Crippen LogP contribution in [0.1, 0.15) is 0 Å². The number of hydrogen-bond donors (Lipinski definition) is 6. The first kappa shape index (κ1) is 52.0. The molecule has 8 bridgehead atoms. The number of nitrogens with one attached hydrogen (secondary N) is 2. The molecule has 61 heavy (non-hydrogen) atoms. The molecule has 6 N–H and O–H groups in total. The fraction of sp³-hybridized carbons (Fsp3) is 0. The Morgan fingerprint density at radius 3 is 0.885 bits per heavy atom. The van der Waals surface area contributed by atoms with Crippen LogP contribution in [0.5, 0.6) is 0 Å². The minimum Gasteiger partial charge on any atom is 0 e. The van der Waals surface area contributed by atoms with E-state index >= 15 is 0 Å². The van der Waals surface area contributed by atoms with Crippen molar-refractivity contribution >= 4 is 203 Å². The van der Waals surface area contributed by atoms with Crippen molar-refractivity contribution in [3.05, 3.63) is 72.8 Å². The standard InChI is InChI=1S/C32H18N8O12S4.4Na.Ni.4H/c41-53(42,43)21-19-20(22(54(44,45)46)24(56(50,51)52)23(21)55(47,48)49)32-39-30-18-12-6-4-10-16(18)28(37-30)35-26-14-8-2-1-7-13(14)25(33-26)34-27-15-9-3-5-11-17(15)29(36-27)38-31(19)40-32;;;;;;;;;/h1-12H,(H,41,42,43)(H,44,45,46)(H,47,48,49)(H,50,51,52)(H2,33,34,35,36,37,38,39,40);;;;;;;;;. The molecule has 7 aromatic rings. The van der Waals surface area contributed by atoms with Gasteiger partial charge in [-0.2, -0.15) is 33.7 Å². The molecule has 0 unspecified atom stereocenters. The summed E-state index contributed by atoms with van der Waals surface area (Å²) in [5.74, 6) is -0.428. The van der Waals surface area contributed by atoms with E-state index in [4.69, 9.17) is 9.97 Å². The summed E-state index contributed by atoms with van der Waals surface area (Å²) in [7, 11) is -24.6. The molecule has 9 rings (SSSR count). The van der Waals surface area contributed by atoms with Crippen molar-refractivity contribution in [2.75, 3.05) is 0 Å². The number of nitrogens with zero attached hydrogens (tertiary/aromatic N) is 6. The molecule has 0 amide bonds. The molecule has 20 nitrogen and oxygen atoms in total. The van der Waals surface area contributed by atoms with Crippen LogP contribution >= 0.6 is 0 Å². The summed E-state index contributed by atoms with van der Waals surface area (Å²) < 4.78 is 146. The van der Waals surface area contributed by atoms with E-state index in [0.717, 1.165) is 0 Å². The number of hydrogen-bond acceptors (Lipinski definition) is 14. The van der Waals surface area contributed by atoms with Crippen LogP contribution in [-0.2, 0) is 57.0 Å². The van der Waals surface area contributed by atoms with Crippen molar-refractivity contribution in [3.8, 4) is 45.6 Å². The number of aromatic nitrogens is 8. The molecular weight excluding hydrogens is 967 g/mol. The molecule has 0 radical (unpaired) electrons. The Kier molecular flexibility index (Phi) is 15.6. The fourth-order valence-corrected chi connectivity index (χ4v) is 11.7. The minimum atomic E-state index is -6.24. The Morgan fingerprint density at radius 2 is 0.607 bits per heavy atom. The van der Waals surface area contributed by atoms with Crippen LogP contribution in [0.15, 0.2) is 92.4 Å². The summed E-state index contributed by atoms with van der Waals surface area (Å²) in [5, 5.41) is -1.17. The van der Waals surface area contributed by atoms with Crippen LogP contribution in [0.25, 0.3) is 89.7 Å². The van der Waals surface area contributed by atoms with Crippen LogP contribution in [0, 0.1) is 0 Å². The van der Waals surface area contributed by atoms with Crippen molar-refractivity contribution in [2.45, 2.75) is 19.6 Å². The quantitative estimate of drug-likeness (QED) is 0.107. The van der Waals surface area contributed by atoms with Crippen LogP contribution < -0.4 is 0 Å². The van der Waals surface area contributed by atoms with Crippen LogP contribution in [0.4, 0.5) is 0 Å². The SMILES string of the molecule is O=S(=O)(O)c1c(S(=O)(=O)O)c(S(=O)(=O)O)c2c3nc4nc(nc5[nH]c(nc6nc(nc([nH]3)c2c1S(=O)(=O)O)-c1ccccc1-6)c1ccccc51)-c1ccccc1-4.[NaH].[NaH].[NaH].[NaH].[Ni]. The third-order valence-electron chi connectivity index (χ3n) is 8.85. The molecule has 3 aromatic heterocycles. The third-order valence-corrected chi connectivity index (χ3v) is 12.9. The van der Waals surface area contributed by atoms with E-state index in [1.165, 1.54) is 12.1 Å². The van der Waals surface area contributed by atoms with Gasteiger partial charge in [-0.15, -0.1) is 0 Å². The van der Waals surface area contributed by atoms with E-state index in [1.54, 1.807) is 60.7 Å². The van der Waals surface area contributed by atoms with Gasteiger partial charge < -0.3 is 9.97 Å². The van der Waals surface area contributed by atoms with Crippen LogP contribution in [0.3, 0.4) is 0 Å². The molecule has 300 valence electrons. The Morgan fingerprint density at radius 1 is 0.361 bits per heavy atom. The van der Waals surface area contributed by atoms with Gasteiger partial charge in [0.15, 0.2) is 23.3 Å². The molecule has 2 aliphatic heterocycles. The number of fused-ring (bicyclic) bond motifs is 20. The van der Waals surface area contributed by atoms with Gasteiger partial charge in [-0.05, 0) is 0 Å². The second-order valence-electron chi connectivity index (χ2n) is 12.2. The summed E-state index contributed by atoms with van der Waals surface area (Å²) in [4.78, 5) is 24.5. The average Bonchev–Trinajstić information content (AvgIpc) is 3.84. The monoisotopic (exact) mass is 988 g/mol. The Balaban J connectivity index is 0.00000164. The summed E-state index contributed by atoms with van der Waals surface area (Å²) in [6.07, 6.45) is 0. The first-order valence-electron chi connectivity index (χ1n) is 15.5. The van der Waals surface area contributed by atoms with Gasteiger partial charge in [-0.1, -0.05) is 72.8 Å². The molecule has 5 heterocycles. The molecular formula is C32H22N8Na4NiO12S4. The summed E-state index contributed by atoms with van der Waals surface area (Å²) in [5.41, 5.74) is 0.187. The number of H-pyrrole nitrogens is 2. The van der Waals surface area contributed by atoms with Gasteiger partial charge in [-0.3, -0.25) is 18.2 Å². The molecule has 0 aliphatic carbocycles. The van der Waals surface area contributed by atoms with Gasteiger partial charge in [-0.25, -0.2) is 29.9 Å². The summed E-state index contributed by atoms with van der Waals surface area (Å²) in [6, 6.07) is 19.9. The zero-order valence-electron chi connectivity index (χ0n) is 27.6. The average molecular weight is 989 g/mol. The van der Waals surface area contributed by atoms with Crippen molar-refractivity contribution in [2.24, 2.45) is 0 Å². The first-order valence-corrected chi connectivity index (χ1v) is 21.3. The molecule has 0 spiro atoms. The van der Waals surface area contributed by atoms with E-state index in [1.807, 2.05) is 0 Å². The van der Waals surface area contributed by atoms with E-state index in [9.17, 15) is 51.9 Å². The van der Waals surface area contributed by atoms with Gasteiger partial charge in [0, 0.05) is 49.5 Å². The maximum atomic E-state index is 13.2. The number of rotatable bonds is 4. The predicted octanol–water partition coefficient (Wildman–Crippen LogP) is 1.26. The normalized spacial score (nSPS) is 12.1. The van der Waals surface area contributed by atoms with Gasteiger partial charge in [0.05, 0.1) is 10.8 Å². The maximum Gasteiger partial charge on any atom is 0 e. The van der Waals surface area contributed by atoms with Crippen molar-refractivity contribution in [1.82, 2.24) is 39.9 Å². The smallest absolute Gasteiger partial charge is 0 e. The second-order valence-corrected chi connectivity index (χ2v) is 17.6. The molecule has 0 fully saturated rings. The molecule has 4 aromatic carbocycles. The maximum absolute atomic E-state index is 13.2. The van der Waals surface area contributed by atoms with Crippen molar-refractivity contribution < 1.29 is 68.4 Å². The minimum absolute atomic E-state index is 0. The van der Waals surface area contributed by atoms with Crippen molar-refractivity contribution in [3.63, 3.8) is 0 Å². The van der Waals surface area contributed by atoms with E-state index in [0.29, 0.717) is 33.2 Å². The van der Waals surface area contributed by atoms with Crippen LogP contribution in [0.2, 0.25) is 0 Å². The first-order chi connectivity index (χ1) is 26.3. The fourth-order valence-electron chi connectivity index (χ4n) is 6.75. The van der Waals surface area contributed by atoms with E-state index in [2.05, 4.69) is 29.9 Å². The van der Waals surface area contributed by atoms with E-state index < -0.39 is 82.1 Å². The molecule has 2 aliphatic rings. The Labute approximate surface area is 442 Å². The van der Waals surface area contributed by atoms with Crippen LogP contribution in [-0.4, -0.2) is 210 Å². The molecule has 0 atom stereocenters. The summed E-state index contributed by atoms with van der Waals surface area (Å²) >= 11 is 0. The zero-order chi connectivity index (χ0) is 39.7. The van der Waals surface area contributed by atoms with Gasteiger partial charge >= 0.3 is 118 Å². The number of benzene rings is 4. The second kappa shape index (κ2) is 18.3. The van der Waals surface area contributed by atoms with Crippen molar-refractivity contribution in [1.29, 1.82) is 0 Å². The molecule has 0 saturated heterocycles. The largest absolute Gasteiger partial charge is 0 e. The Hall–Kier alpha value is -1.63. The number of aromatic amines is 2. The van der Waals surface area contributed by atoms with Gasteiger partial charge in [0.2, 0.25) is 0 Å². The zero-order valence-corrected chi connectivity index (χ0v) is 31.9. The summed E-state index contributed by atoms with van der Waals surface area (Å²) in [6.45, 7) is 0. The van der Waals surface area contributed by atoms with Gasteiger partial charge in [0.25, 0.3) is 40.5 Å². The predicted molar refractivity (Wildman–Crippen MR) is 224 cm³/mol. The topological polar surface area (TPSA) is 326 Å². The third kappa shape index (κ3) is 9.02. The Bertz CT molecular complexity index is 3400.